The molecule has 4 aromatic rings. The van der Waals surface area contributed by atoms with Gasteiger partial charge in [-0.1, -0.05) is 11.3 Å². The van der Waals surface area contributed by atoms with Crippen molar-refractivity contribution in [3.8, 4) is 10.9 Å². The van der Waals surface area contributed by atoms with Gasteiger partial charge in [0, 0.05) is 42.7 Å². The first-order valence-electron chi connectivity index (χ1n) is 11.1. The third-order valence-corrected chi connectivity index (χ3v) is 7.41. The Labute approximate surface area is 189 Å². The molecule has 8 heteroatoms. The molecule has 2 aliphatic heterocycles. The Morgan fingerprint density at radius 3 is 2.88 bits per heavy atom. The highest BCUT2D eigenvalue weighted by molar-refractivity contribution is 7.20. The van der Waals surface area contributed by atoms with E-state index in [4.69, 9.17) is 9.15 Å². The van der Waals surface area contributed by atoms with E-state index in [0.717, 1.165) is 40.8 Å². The van der Waals surface area contributed by atoms with Crippen LogP contribution in [0.4, 0.5) is 0 Å². The number of nitrogens with one attached hydrogen (secondary N) is 1. The molecule has 1 N–H and O–H groups in total. The number of piperidine rings is 1. The second kappa shape index (κ2) is 7.86. The Balaban J connectivity index is 1.17. The molecule has 7 nitrogen and oxygen atoms in total. The average molecular weight is 449 g/mol. The number of fused-ring (bicyclic) bond motifs is 4. The van der Waals surface area contributed by atoms with Crippen LogP contribution in [0.5, 0.6) is 10.9 Å². The fraction of sp³-hybridized carbons (Fsp3) is 0.375. The van der Waals surface area contributed by atoms with Crippen LogP contribution in [0.2, 0.25) is 0 Å². The van der Waals surface area contributed by atoms with Gasteiger partial charge in [0.1, 0.15) is 17.1 Å². The Morgan fingerprint density at radius 2 is 2.09 bits per heavy atom. The number of ether oxygens (including phenoxy) is 1. The van der Waals surface area contributed by atoms with E-state index in [1.54, 1.807) is 13.1 Å². The van der Waals surface area contributed by atoms with E-state index < -0.39 is 0 Å². The number of nitrogens with zero attached hydrogens (tertiary/aromatic N) is 3. The van der Waals surface area contributed by atoms with Crippen LogP contribution >= 0.6 is 11.3 Å². The lowest BCUT2D eigenvalue weighted by Gasteiger charge is -2.38. The zero-order valence-corrected chi connectivity index (χ0v) is 18.6. The molecule has 2 atom stereocenters. The first-order valence-corrected chi connectivity index (χ1v) is 11.9. The summed E-state index contributed by atoms with van der Waals surface area (Å²) in [6.45, 7) is 2.41. The molecule has 0 aliphatic carbocycles. The third kappa shape index (κ3) is 3.73. The molecule has 5 heterocycles. The largest absolute Gasteiger partial charge is 0.460 e. The van der Waals surface area contributed by atoms with E-state index in [1.807, 2.05) is 30.3 Å². The van der Waals surface area contributed by atoms with Crippen molar-refractivity contribution in [3.05, 3.63) is 48.4 Å². The topological polar surface area (TPSA) is 80.5 Å². The van der Waals surface area contributed by atoms with Gasteiger partial charge in [-0.15, -0.1) is 0 Å². The smallest absolute Gasteiger partial charge is 0.281 e. The first kappa shape index (κ1) is 19.7. The van der Waals surface area contributed by atoms with Crippen molar-refractivity contribution in [1.82, 2.24) is 20.2 Å². The van der Waals surface area contributed by atoms with Crippen molar-refractivity contribution in [1.29, 1.82) is 0 Å². The van der Waals surface area contributed by atoms with Crippen molar-refractivity contribution >= 4 is 38.6 Å². The fourth-order valence-corrected chi connectivity index (χ4v) is 6.01. The molecule has 0 unspecified atom stereocenters. The van der Waals surface area contributed by atoms with Crippen molar-refractivity contribution in [2.45, 2.75) is 57.3 Å². The molecule has 0 saturated carbocycles. The number of carbonyl (C=O) groups is 1. The molecule has 3 aromatic heterocycles. The van der Waals surface area contributed by atoms with Crippen LogP contribution in [-0.4, -0.2) is 38.9 Å². The van der Waals surface area contributed by atoms with Gasteiger partial charge in [-0.25, -0.2) is 4.98 Å². The molecule has 2 aliphatic rings. The number of rotatable bonds is 5. The van der Waals surface area contributed by atoms with Gasteiger partial charge in [0.15, 0.2) is 5.65 Å². The number of furan rings is 1. The quantitative estimate of drug-likeness (QED) is 0.470. The molecular weight excluding hydrogens is 424 g/mol. The van der Waals surface area contributed by atoms with Crippen molar-refractivity contribution in [2.24, 2.45) is 0 Å². The Hall–Kier alpha value is -2.97. The second-order valence-corrected chi connectivity index (χ2v) is 9.74. The van der Waals surface area contributed by atoms with Crippen molar-refractivity contribution in [2.75, 3.05) is 0 Å². The van der Waals surface area contributed by atoms with Gasteiger partial charge in [-0.05, 0) is 56.0 Å². The summed E-state index contributed by atoms with van der Waals surface area (Å²) < 4.78 is 13.2. The summed E-state index contributed by atoms with van der Waals surface area (Å²) in [6, 6.07) is 13.2. The fourth-order valence-electron chi connectivity index (χ4n) is 5.22. The first-order chi connectivity index (χ1) is 15.6. The molecule has 0 radical (unpaired) electrons. The van der Waals surface area contributed by atoms with Crippen LogP contribution in [-0.2, 0) is 11.3 Å². The summed E-state index contributed by atoms with van der Waals surface area (Å²) in [5.74, 6) is 1.74. The summed E-state index contributed by atoms with van der Waals surface area (Å²) in [6.07, 6.45) is 6.15. The van der Waals surface area contributed by atoms with Crippen LogP contribution in [0, 0.1) is 0 Å². The van der Waals surface area contributed by atoms with E-state index in [9.17, 15) is 4.79 Å². The van der Waals surface area contributed by atoms with Gasteiger partial charge in [0.25, 0.3) is 5.19 Å². The summed E-state index contributed by atoms with van der Waals surface area (Å²) in [5.41, 5.74) is 1.52. The number of carbonyl (C=O) groups excluding carboxylic acids is 1. The van der Waals surface area contributed by atoms with Crippen LogP contribution in [0.3, 0.4) is 0 Å². The number of hydrogen-bond donors (Lipinski definition) is 1. The highest BCUT2D eigenvalue weighted by Crippen LogP contribution is 2.38. The molecule has 2 bridgehead atoms. The van der Waals surface area contributed by atoms with Crippen molar-refractivity contribution in [3.63, 3.8) is 0 Å². The van der Waals surface area contributed by atoms with Gasteiger partial charge >= 0.3 is 0 Å². The normalized spacial score (nSPS) is 23.1. The Morgan fingerprint density at radius 1 is 1.25 bits per heavy atom. The van der Waals surface area contributed by atoms with E-state index >= 15 is 0 Å². The highest BCUT2D eigenvalue weighted by atomic mass is 32.1. The zero-order chi connectivity index (χ0) is 21.7. The van der Waals surface area contributed by atoms with Gasteiger partial charge in [-0.3, -0.25) is 9.69 Å². The SMILES string of the molecule is CC(=O)NC1C[C@H]2CC[C@H](C1)N2Cc1cc2ccc(Oc3nc4ncccc4s3)cc2o1. The van der Waals surface area contributed by atoms with Crippen LogP contribution < -0.4 is 10.1 Å². The molecule has 32 heavy (non-hydrogen) atoms. The molecule has 1 amide bonds. The number of amides is 1. The molecule has 6 rings (SSSR count). The number of benzene rings is 1. The summed E-state index contributed by atoms with van der Waals surface area (Å²) in [4.78, 5) is 22.7. The zero-order valence-electron chi connectivity index (χ0n) is 17.8. The molecule has 0 spiro atoms. The maximum atomic E-state index is 11.4. The second-order valence-electron chi connectivity index (χ2n) is 8.75. The van der Waals surface area contributed by atoms with Gasteiger partial charge in [-0.2, -0.15) is 4.98 Å². The molecule has 2 saturated heterocycles. The van der Waals surface area contributed by atoms with Crippen LogP contribution in [0.1, 0.15) is 38.4 Å². The maximum absolute atomic E-state index is 11.4. The minimum Gasteiger partial charge on any atom is -0.460 e. The summed E-state index contributed by atoms with van der Waals surface area (Å²) >= 11 is 1.48. The predicted octanol–water partition coefficient (Wildman–Crippen LogP) is 4.86. The lowest BCUT2D eigenvalue weighted by molar-refractivity contribution is -0.120. The minimum atomic E-state index is 0.0697. The maximum Gasteiger partial charge on any atom is 0.281 e. The average Bonchev–Trinajstić information content (AvgIpc) is 3.41. The number of hydrogen-bond acceptors (Lipinski definition) is 7. The predicted molar refractivity (Wildman–Crippen MR) is 123 cm³/mol. The number of aromatic nitrogens is 2. The van der Waals surface area contributed by atoms with Gasteiger partial charge in [0.2, 0.25) is 5.91 Å². The molecule has 164 valence electrons. The molecular formula is C24H24N4O3S. The Kier molecular flexibility index (Phi) is 4.84. The monoisotopic (exact) mass is 448 g/mol. The molecule has 2 fully saturated rings. The number of pyridine rings is 1. The highest BCUT2D eigenvalue weighted by Gasteiger charge is 2.41. The minimum absolute atomic E-state index is 0.0697. The van der Waals surface area contributed by atoms with Gasteiger partial charge in [0.05, 0.1) is 11.2 Å². The van der Waals surface area contributed by atoms with Crippen molar-refractivity contribution < 1.29 is 13.9 Å². The van der Waals surface area contributed by atoms with Crippen LogP contribution in [0.15, 0.2) is 47.0 Å². The van der Waals surface area contributed by atoms with E-state index in [0.29, 0.717) is 34.7 Å². The van der Waals surface area contributed by atoms with E-state index in [1.165, 1.54) is 24.2 Å². The van der Waals surface area contributed by atoms with E-state index in [2.05, 4.69) is 26.3 Å². The van der Waals surface area contributed by atoms with Gasteiger partial charge < -0.3 is 14.5 Å². The van der Waals surface area contributed by atoms with E-state index in [-0.39, 0.29) is 5.91 Å². The Bertz CT molecular complexity index is 1250. The summed E-state index contributed by atoms with van der Waals surface area (Å²) in [5, 5.41) is 4.75. The molecule has 1 aromatic carbocycles. The summed E-state index contributed by atoms with van der Waals surface area (Å²) in [7, 11) is 0. The number of thiazole rings is 1. The van der Waals surface area contributed by atoms with Crippen LogP contribution in [0.25, 0.3) is 21.3 Å². The third-order valence-electron chi connectivity index (χ3n) is 6.52. The standard InChI is InChI=1S/C24H24N4O3S/c1-14(29)26-16-10-17-5-6-18(11-16)28(17)13-20-9-15-4-7-19(12-21(15)30-20)31-24-27-23-22(32-24)3-2-8-25-23/h2-4,7-9,12,16-18H,5-6,10-11,13H2,1H3,(H,26,29)/t17-,18-/m1/s1. The lowest BCUT2D eigenvalue weighted by atomic mass is 9.97. The lowest BCUT2D eigenvalue weighted by Crippen LogP contribution is -2.49.